The second-order valence-electron chi connectivity index (χ2n) is 6.50. The topological polar surface area (TPSA) is 45.4 Å². The number of furan rings is 1. The van der Waals surface area contributed by atoms with Crippen molar-refractivity contribution in [3.05, 3.63) is 71.7 Å². The smallest absolute Gasteiger partial charge is 0.141 e. The van der Waals surface area contributed by atoms with Gasteiger partial charge in [-0.15, -0.1) is 0 Å². The average molecular weight is 323 g/mol. The summed E-state index contributed by atoms with van der Waals surface area (Å²) >= 11 is 0. The summed E-state index contributed by atoms with van der Waals surface area (Å²) in [5.41, 5.74) is 1.29. The van der Waals surface area contributed by atoms with Gasteiger partial charge in [0.15, 0.2) is 0 Å². The first kappa shape index (κ1) is 16.7. The van der Waals surface area contributed by atoms with Gasteiger partial charge >= 0.3 is 0 Å². The van der Waals surface area contributed by atoms with Crippen LogP contribution in [0.15, 0.2) is 59.0 Å². The molecule has 0 aliphatic heterocycles. The van der Waals surface area contributed by atoms with Crippen molar-refractivity contribution in [2.24, 2.45) is 0 Å². The van der Waals surface area contributed by atoms with E-state index >= 15 is 0 Å². The van der Waals surface area contributed by atoms with Crippen molar-refractivity contribution >= 4 is 10.8 Å². The average Bonchev–Trinajstić information content (AvgIpc) is 2.98. The monoisotopic (exact) mass is 323 g/mol. The minimum atomic E-state index is -0.636. The predicted octanol–water partition coefficient (Wildman–Crippen LogP) is 4.25. The number of benzene rings is 2. The van der Waals surface area contributed by atoms with Crippen LogP contribution in [0.3, 0.4) is 0 Å². The van der Waals surface area contributed by atoms with Crippen LogP contribution in [0.1, 0.15) is 37.0 Å². The van der Waals surface area contributed by atoms with Crippen molar-refractivity contribution in [2.45, 2.75) is 38.8 Å². The molecule has 2 aromatic carbocycles. The van der Waals surface area contributed by atoms with E-state index in [4.69, 9.17) is 4.42 Å². The first-order valence-corrected chi connectivity index (χ1v) is 8.61. The van der Waals surface area contributed by atoms with Gasteiger partial charge in [0.25, 0.3) is 0 Å². The Bertz CT molecular complexity index is 777. The van der Waals surface area contributed by atoms with Gasteiger partial charge in [-0.05, 0) is 12.0 Å². The summed E-state index contributed by atoms with van der Waals surface area (Å²) in [5.74, 6) is 1.62. The number of rotatable bonds is 7. The summed E-state index contributed by atoms with van der Waals surface area (Å²) in [6, 6.07) is 18.9. The highest BCUT2D eigenvalue weighted by molar-refractivity contribution is 5.87. The third kappa shape index (κ3) is 3.86. The zero-order valence-electron chi connectivity index (χ0n) is 14.3. The highest BCUT2D eigenvalue weighted by atomic mass is 16.4. The summed E-state index contributed by atoms with van der Waals surface area (Å²) < 4.78 is 6.09. The minimum Gasteiger partial charge on any atom is -0.462 e. The third-order valence-electron chi connectivity index (χ3n) is 4.23. The van der Waals surface area contributed by atoms with Gasteiger partial charge in [0.05, 0.1) is 0 Å². The number of hydrogen-bond donors (Lipinski definition) is 2. The molecular formula is C21H25NO2. The lowest BCUT2D eigenvalue weighted by atomic mass is 10.0. The third-order valence-corrected chi connectivity index (χ3v) is 4.23. The van der Waals surface area contributed by atoms with Crippen LogP contribution in [0.25, 0.3) is 10.8 Å². The zero-order valence-corrected chi connectivity index (χ0v) is 14.3. The number of fused-ring (bicyclic) bond motifs is 1. The van der Waals surface area contributed by atoms with Gasteiger partial charge in [-0.1, -0.05) is 68.4 Å². The Labute approximate surface area is 143 Å². The van der Waals surface area contributed by atoms with E-state index in [0.29, 0.717) is 18.3 Å². The van der Waals surface area contributed by atoms with E-state index in [1.54, 1.807) is 0 Å². The molecule has 1 atom stereocenters. The lowest BCUT2D eigenvalue weighted by molar-refractivity contribution is 0.145. The normalized spacial score (nSPS) is 12.8. The molecule has 3 heteroatoms. The molecule has 1 heterocycles. The molecule has 3 aromatic rings. The van der Waals surface area contributed by atoms with Crippen molar-refractivity contribution < 1.29 is 9.52 Å². The van der Waals surface area contributed by atoms with Crippen molar-refractivity contribution in [3.8, 4) is 0 Å². The highest BCUT2D eigenvalue weighted by Crippen LogP contribution is 2.31. The molecule has 0 saturated heterocycles. The molecule has 24 heavy (non-hydrogen) atoms. The van der Waals surface area contributed by atoms with Gasteiger partial charge in [0.2, 0.25) is 0 Å². The SMILES string of the molecule is CC(C)NCC(O)c1oc(CCc2ccccc2)c2ccccc12. The molecule has 126 valence electrons. The van der Waals surface area contributed by atoms with Crippen LogP contribution in [0, 0.1) is 0 Å². The van der Waals surface area contributed by atoms with Crippen LogP contribution >= 0.6 is 0 Å². The summed E-state index contributed by atoms with van der Waals surface area (Å²) in [4.78, 5) is 0. The van der Waals surface area contributed by atoms with Gasteiger partial charge < -0.3 is 14.8 Å². The fourth-order valence-electron chi connectivity index (χ4n) is 2.96. The van der Waals surface area contributed by atoms with E-state index in [1.165, 1.54) is 5.56 Å². The molecule has 0 saturated carbocycles. The Morgan fingerprint density at radius 3 is 2.29 bits per heavy atom. The molecule has 0 radical (unpaired) electrons. The van der Waals surface area contributed by atoms with Crippen molar-refractivity contribution in [1.82, 2.24) is 5.32 Å². The summed E-state index contributed by atoms with van der Waals surface area (Å²) in [7, 11) is 0. The van der Waals surface area contributed by atoms with Crippen LogP contribution in [-0.2, 0) is 12.8 Å². The molecule has 3 rings (SSSR count). The molecule has 0 amide bonds. The molecule has 0 spiro atoms. The van der Waals surface area contributed by atoms with E-state index in [2.05, 4.69) is 49.5 Å². The molecule has 0 aliphatic carbocycles. The number of aryl methyl sites for hydroxylation is 2. The number of hydrogen-bond acceptors (Lipinski definition) is 3. The molecule has 1 aromatic heterocycles. The maximum atomic E-state index is 10.5. The van der Waals surface area contributed by atoms with Crippen LogP contribution in [0.4, 0.5) is 0 Å². The molecule has 1 unspecified atom stereocenters. The van der Waals surface area contributed by atoms with Gasteiger partial charge in [-0.25, -0.2) is 0 Å². The maximum Gasteiger partial charge on any atom is 0.141 e. The van der Waals surface area contributed by atoms with Gasteiger partial charge in [-0.3, -0.25) is 0 Å². The molecule has 0 fully saturated rings. The van der Waals surface area contributed by atoms with Gasteiger partial charge in [0.1, 0.15) is 17.6 Å². The van der Waals surface area contributed by atoms with E-state index < -0.39 is 6.10 Å². The number of aliphatic hydroxyl groups is 1. The Morgan fingerprint density at radius 2 is 1.58 bits per heavy atom. The Balaban J connectivity index is 1.83. The molecule has 0 aliphatic rings. The van der Waals surface area contributed by atoms with Crippen molar-refractivity contribution in [1.29, 1.82) is 0 Å². The Hall–Kier alpha value is -2.10. The van der Waals surface area contributed by atoms with E-state index in [9.17, 15) is 5.11 Å². The fraction of sp³-hybridized carbons (Fsp3) is 0.333. The summed E-state index contributed by atoms with van der Waals surface area (Å²) in [6.45, 7) is 4.63. The number of nitrogens with one attached hydrogen (secondary N) is 1. The van der Waals surface area contributed by atoms with Crippen LogP contribution < -0.4 is 5.32 Å². The van der Waals surface area contributed by atoms with Crippen molar-refractivity contribution in [2.75, 3.05) is 6.54 Å². The van der Waals surface area contributed by atoms with E-state index in [-0.39, 0.29) is 0 Å². The van der Waals surface area contributed by atoms with E-state index in [1.807, 2.05) is 24.3 Å². The summed E-state index contributed by atoms with van der Waals surface area (Å²) in [6.07, 6.45) is 1.12. The van der Waals surface area contributed by atoms with Gasteiger partial charge in [-0.2, -0.15) is 0 Å². The first-order valence-electron chi connectivity index (χ1n) is 8.61. The lowest BCUT2D eigenvalue weighted by Gasteiger charge is -2.12. The number of aliphatic hydroxyl groups excluding tert-OH is 1. The predicted molar refractivity (Wildman–Crippen MR) is 98.2 cm³/mol. The standard InChI is InChI=1S/C21H25NO2/c1-15(2)22-14-19(23)21-18-11-7-6-10-17(18)20(24-21)13-12-16-8-4-3-5-9-16/h3-11,15,19,22-23H,12-14H2,1-2H3. The quantitative estimate of drug-likeness (QED) is 0.683. The first-order chi connectivity index (χ1) is 11.6. The lowest BCUT2D eigenvalue weighted by Crippen LogP contribution is -2.27. The molecular weight excluding hydrogens is 298 g/mol. The Kier molecular flexibility index (Phi) is 5.34. The van der Waals surface area contributed by atoms with Crippen LogP contribution in [0.2, 0.25) is 0 Å². The minimum absolute atomic E-state index is 0.332. The molecule has 2 N–H and O–H groups in total. The molecule has 0 bridgehead atoms. The second kappa shape index (κ2) is 7.65. The Morgan fingerprint density at radius 1 is 0.917 bits per heavy atom. The summed E-state index contributed by atoms with van der Waals surface area (Å²) in [5, 5.41) is 15.9. The van der Waals surface area contributed by atoms with Gasteiger partial charge in [0, 0.05) is 29.8 Å². The zero-order chi connectivity index (χ0) is 16.9. The second-order valence-corrected chi connectivity index (χ2v) is 6.50. The van der Waals surface area contributed by atoms with E-state index in [0.717, 1.165) is 29.4 Å². The molecule has 3 nitrogen and oxygen atoms in total. The highest BCUT2D eigenvalue weighted by Gasteiger charge is 2.19. The van der Waals surface area contributed by atoms with Crippen LogP contribution in [0.5, 0.6) is 0 Å². The fourth-order valence-corrected chi connectivity index (χ4v) is 2.96. The largest absolute Gasteiger partial charge is 0.462 e. The van der Waals surface area contributed by atoms with Crippen molar-refractivity contribution in [3.63, 3.8) is 0 Å². The van der Waals surface area contributed by atoms with Crippen LogP contribution in [-0.4, -0.2) is 17.7 Å². The maximum absolute atomic E-state index is 10.5.